The molecule has 0 saturated heterocycles. The zero-order valence-electron chi connectivity index (χ0n) is 36.3. The molecule has 11 rings (SSSR count). The number of hydrogen-bond donors (Lipinski definition) is 2. The Kier molecular flexibility index (Phi) is 10.9. The van der Waals surface area contributed by atoms with E-state index in [1.807, 2.05) is 12.4 Å². The number of rotatable bonds is 8. The molecule has 0 unspecified atom stereocenters. The van der Waals surface area contributed by atoms with E-state index in [1.165, 1.54) is 34.2 Å². The van der Waals surface area contributed by atoms with Crippen molar-refractivity contribution in [1.29, 1.82) is 0 Å². The number of fused-ring (bicyclic) bond motifs is 4. The molecule has 0 heterocycles. The molecule has 4 nitrogen and oxygen atoms in total. The molecule has 3 aliphatic rings. The zero-order valence-corrected chi connectivity index (χ0v) is 36.3. The number of phenolic OH excluding ortho intramolecular Hbond substituents is 2. The SMILES string of the molecule is Oc1c(C=N[C@@H]2CCCC[C@H]2N=Cc2cc3ccccc3c([C@H]3c4ccccc4CC[C@H]3c3ccccc3)c2O)cc2ccccc2c1-c1c(-c2ccccc2)ccc2c1CCCC2. The van der Waals surface area contributed by atoms with Crippen molar-refractivity contribution in [2.75, 3.05) is 0 Å². The van der Waals surface area contributed by atoms with E-state index < -0.39 is 0 Å². The number of hydrogen-bond acceptors (Lipinski definition) is 4. The zero-order chi connectivity index (χ0) is 43.0. The summed E-state index contributed by atoms with van der Waals surface area (Å²) in [7, 11) is 0. The Bertz CT molecular complexity index is 3060. The Hall–Kier alpha value is -6.78. The van der Waals surface area contributed by atoms with Crippen molar-refractivity contribution in [2.45, 2.75) is 88.1 Å². The fraction of sp³-hybridized carbons (Fsp3) is 0.233. The Morgan fingerprint density at radius 2 is 1.09 bits per heavy atom. The summed E-state index contributed by atoms with van der Waals surface area (Å²) in [6.45, 7) is 0. The first kappa shape index (κ1) is 40.0. The van der Waals surface area contributed by atoms with Gasteiger partial charge >= 0.3 is 0 Å². The van der Waals surface area contributed by atoms with Gasteiger partial charge in [-0.2, -0.15) is 0 Å². The number of nitrogens with zero attached hydrogens (tertiary/aromatic N) is 2. The fourth-order valence-corrected chi connectivity index (χ4v) is 11.4. The van der Waals surface area contributed by atoms with E-state index in [2.05, 4.69) is 158 Å². The lowest BCUT2D eigenvalue weighted by Crippen LogP contribution is -2.27. The van der Waals surface area contributed by atoms with Crippen LogP contribution < -0.4 is 0 Å². The molecule has 8 aromatic carbocycles. The molecule has 0 bridgehead atoms. The Balaban J connectivity index is 0.978. The second-order valence-corrected chi connectivity index (χ2v) is 18.3. The quantitative estimate of drug-likeness (QED) is 0.150. The minimum absolute atomic E-state index is 0.0117. The third-order valence-electron chi connectivity index (χ3n) is 14.6. The number of phenols is 2. The van der Waals surface area contributed by atoms with Gasteiger partial charge in [-0.25, -0.2) is 0 Å². The van der Waals surface area contributed by atoms with Crippen molar-refractivity contribution >= 4 is 34.0 Å². The first-order chi connectivity index (χ1) is 31.6. The van der Waals surface area contributed by atoms with Crippen LogP contribution in [0.15, 0.2) is 168 Å². The van der Waals surface area contributed by atoms with Crippen LogP contribution in [0.2, 0.25) is 0 Å². The van der Waals surface area contributed by atoms with Gasteiger partial charge in [0.15, 0.2) is 0 Å². The van der Waals surface area contributed by atoms with Crippen LogP contribution >= 0.6 is 0 Å². The maximum atomic E-state index is 12.5. The molecule has 0 aromatic heterocycles. The lowest BCUT2D eigenvalue weighted by atomic mass is 9.68. The number of aryl methyl sites for hydroxylation is 2. The molecule has 2 N–H and O–H groups in total. The fourth-order valence-electron chi connectivity index (χ4n) is 11.4. The van der Waals surface area contributed by atoms with Crippen LogP contribution in [0.1, 0.15) is 101 Å². The van der Waals surface area contributed by atoms with Gasteiger partial charge in [-0.1, -0.05) is 158 Å². The third kappa shape index (κ3) is 7.39. The molecule has 0 radical (unpaired) electrons. The molecular weight excluding hydrogens is 781 g/mol. The lowest BCUT2D eigenvalue weighted by Gasteiger charge is -2.36. The van der Waals surface area contributed by atoms with Crippen molar-refractivity contribution in [3.05, 3.63) is 202 Å². The molecule has 0 spiro atoms. The number of benzene rings is 8. The van der Waals surface area contributed by atoms with Crippen LogP contribution in [0, 0.1) is 0 Å². The summed E-state index contributed by atoms with van der Waals surface area (Å²) in [5.41, 5.74) is 13.5. The van der Waals surface area contributed by atoms with Crippen LogP contribution in [0.25, 0.3) is 43.8 Å². The van der Waals surface area contributed by atoms with Crippen molar-refractivity contribution in [2.24, 2.45) is 9.98 Å². The minimum Gasteiger partial charge on any atom is -0.507 e. The largest absolute Gasteiger partial charge is 0.507 e. The number of aromatic hydroxyl groups is 2. The van der Waals surface area contributed by atoms with Crippen LogP contribution in [0.4, 0.5) is 0 Å². The first-order valence-corrected chi connectivity index (χ1v) is 23.5. The van der Waals surface area contributed by atoms with Gasteiger partial charge in [-0.3, -0.25) is 9.98 Å². The summed E-state index contributed by atoms with van der Waals surface area (Å²) in [4.78, 5) is 10.6. The highest BCUT2D eigenvalue weighted by Crippen LogP contribution is 2.52. The molecule has 64 heavy (non-hydrogen) atoms. The molecule has 0 aliphatic heterocycles. The van der Waals surface area contributed by atoms with E-state index in [9.17, 15) is 10.2 Å². The van der Waals surface area contributed by atoms with Gasteiger partial charge in [0.25, 0.3) is 0 Å². The maximum Gasteiger partial charge on any atom is 0.132 e. The topological polar surface area (TPSA) is 65.2 Å². The van der Waals surface area contributed by atoms with E-state index in [1.54, 1.807) is 0 Å². The molecule has 4 heteroatoms. The van der Waals surface area contributed by atoms with Crippen LogP contribution in [0.5, 0.6) is 11.5 Å². The Labute approximate surface area is 376 Å². The van der Waals surface area contributed by atoms with E-state index >= 15 is 0 Å². The summed E-state index contributed by atoms with van der Waals surface area (Å²) < 4.78 is 0. The number of aliphatic imine (C=N–C) groups is 2. The molecular formula is C60H54N2O2. The second kappa shape index (κ2) is 17.4. The average molecular weight is 835 g/mol. The van der Waals surface area contributed by atoms with Gasteiger partial charge in [0.2, 0.25) is 0 Å². The highest BCUT2D eigenvalue weighted by Gasteiger charge is 2.35. The minimum atomic E-state index is -0.0570. The van der Waals surface area contributed by atoms with Gasteiger partial charge in [0.1, 0.15) is 11.5 Å². The normalized spacial score (nSPS) is 19.9. The summed E-state index contributed by atoms with van der Waals surface area (Å²) in [5.74, 6) is 0.801. The standard InChI is InChI=1S/C60H54N2O2/c63-59-45(35-43-23-9-13-27-49(43)57(59)55-47-25-11-7-21-41(47)31-33-51(55)39-17-3-1-4-18-39)37-61-53-29-15-16-30-54(53)62-38-46-36-44-24-10-14-28-50(44)58(60(46)64)56-48-26-12-8-22-42(48)32-34-52(56)40-19-5-2-6-20-40/h1-7,9-11,13-14,17-21,23-25,27-28,32,34-38,51,53-55,63-64H,8,12,15-16,22,26,29-31,33H2/t51-,53+,54+,55-/m0/s1. The molecule has 4 atom stereocenters. The van der Waals surface area contributed by atoms with Gasteiger partial charge in [0, 0.05) is 40.6 Å². The molecule has 0 amide bonds. The highest BCUT2D eigenvalue weighted by atomic mass is 16.3. The van der Waals surface area contributed by atoms with Crippen LogP contribution in [-0.4, -0.2) is 34.7 Å². The van der Waals surface area contributed by atoms with Crippen LogP contribution in [-0.2, 0) is 19.3 Å². The second-order valence-electron chi connectivity index (χ2n) is 18.3. The van der Waals surface area contributed by atoms with Crippen LogP contribution in [0.3, 0.4) is 0 Å². The summed E-state index contributed by atoms with van der Waals surface area (Å²) >= 11 is 0. The van der Waals surface area contributed by atoms with Crippen molar-refractivity contribution in [1.82, 2.24) is 0 Å². The van der Waals surface area contributed by atoms with Gasteiger partial charge in [0.05, 0.1) is 12.1 Å². The van der Waals surface area contributed by atoms with E-state index in [0.29, 0.717) is 5.75 Å². The van der Waals surface area contributed by atoms with Crippen molar-refractivity contribution in [3.8, 4) is 33.8 Å². The molecule has 1 fully saturated rings. The van der Waals surface area contributed by atoms with E-state index in [0.717, 1.165) is 118 Å². The molecule has 1 saturated carbocycles. The predicted octanol–water partition coefficient (Wildman–Crippen LogP) is 14.3. The first-order valence-electron chi connectivity index (χ1n) is 23.5. The van der Waals surface area contributed by atoms with Gasteiger partial charge in [-0.05, 0) is 135 Å². The van der Waals surface area contributed by atoms with E-state index in [-0.39, 0.29) is 29.7 Å². The smallest absolute Gasteiger partial charge is 0.132 e. The Morgan fingerprint density at radius 1 is 0.484 bits per heavy atom. The Morgan fingerprint density at radius 3 is 1.84 bits per heavy atom. The predicted molar refractivity (Wildman–Crippen MR) is 266 cm³/mol. The summed E-state index contributed by atoms with van der Waals surface area (Å²) in [6, 6.07) is 55.9. The van der Waals surface area contributed by atoms with Crippen molar-refractivity contribution < 1.29 is 10.2 Å². The molecule has 316 valence electrons. The summed E-state index contributed by atoms with van der Waals surface area (Å²) in [6.07, 6.45) is 14.2. The van der Waals surface area contributed by atoms with Crippen molar-refractivity contribution in [3.63, 3.8) is 0 Å². The third-order valence-corrected chi connectivity index (χ3v) is 14.6. The molecule has 8 aromatic rings. The monoisotopic (exact) mass is 834 g/mol. The highest BCUT2D eigenvalue weighted by molar-refractivity contribution is 6.08. The molecule has 3 aliphatic carbocycles. The maximum absolute atomic E-state index is 12.5. The van der Waals surface area contributed by atoms with Gasteiger partial charge < -0.3 is 10.2 Å². The lowest BCUT2D eigenvalue weighted by molar-refractivity contribution is 0.390. The summed E-state index contributed by atoms with van der Waals surface area (Å²) in [5, 5.41) is 29.4. The average Bonchev–Trinajstić information content (AvgIpc) is 3.35. The van der Waals surface area contributed by atoms with E-state index in [4.69, 9.17) is 9.98 Å². The van der Waals surface area contributed by atoms with Gasteiger partial charge in [-0.15, -0.1) is 0 Å².